The third-order valence-electron chi connectivity index (χ3n) is 4.31. The van der Waals surface area contributed by atoms with Crippen molar-refractivity contribution in [2.75, 3.05) is 37.6 Å². The average molecular weight is 274 g/mol. The zero-order valence-corrected chi connectivity index (χ0v) is 12.0. The van der Waals surface area contributed by atoms with E-state index < -0.39 is 5.97 Å². The molecular weight excluding hydrogens is 252 g/mol. The molecule has 0 aromatic heterocycles. The number of anilines is 1. The molecule has 108 valence electrons. The normalized spacial score (nSPS) is 20.1. The zero-order chi connectivity index (χ0) is 14.1. The average Bonchev–Trinajstić information content (AvgIpc) is 3.24. The third-order valence-corrected chi connectivity index (χ3v) is 4.31. The molecule has 1 aromatic carbocycles. The molecule has 0 bridgehead atoms. The Kier molecular flexibility index (Phi) is 3.66. The maximum atomic E-state index is 11.4. The molecule has 1 aliphatic heterocycles. The summed E-state index contributed by atoms with van der Waals surface area (Å²) in [5.74, 6) is 0.0969. The van der Waals surface area contributed by atoms with Crippen molar-refractivity contribution in [1.29, 1.82) is 0 Å². The van der Waals surface area contributed by atoms with Crippen molar-refractivity contribution in [2.45, 2.75) is 19.8 Å². The molecule has 1 saturated heterocycles. The number of carboxylic acids is 1. The van der Waals surface area contributed by atoms with Gasteiger partial charge in [-0.05, 0) is 37.8 Å². The van der Waals surface area contributed by atoms with E-state index in [-0.39, 0.29) is 0 Å². The van der Waals surface area contributed by atoms with Gasteiger partial charge in [0, 0.05) is 32.7 Å². The number of carboxylic acid groups (broad SMARTS) is 1. The molecule has 0 amide bonds. The van der Waals surface area contributed by atoms with Gasteiger partial charge < -0.3 is 10.0 Å². The third kappa shape index (κ3) is 2.96. The molecule has 2 aliphatic rings. The fraction of sp³-hybridized carbons (Fsp3) is 0.562. The van der Waals surface area contributed by atoms with Crippen LogP contribution in [0.3, 0.4) is 0 Å². The number of hydrogen-bond acceptors (Lipinski definition) is 3. The summed E-state index contributed by atoms with van der Waals surface area (Å²) in [4.78, 5) is 16.1. The smallest absolute Gasteiger partial charge is 0.337 e. The highest BCUT2D eigenvalue weighted by Gasteiger charge is 2.27. The molecule has 0 atom stereocenters. The predicted octanol–water partition coefficient (Wildman–Crippen LogP) is 2.23. The molecule has 1 saturated carbocycles. The summed E-state index contributed by atoms with van der Waals surface area (Å²) in [6, 6.07) is 5.72. The van der Waals surface area contributed by atoms with Gasteiger partial charge >= 0.3 is 5.97 Å². The lowest BCUT2D eigenvalue weighted by molar-refractivity contribution is 0.0697. The van der Waals surface area contributed by atoms with Crippen LogP contribution in [0.1, 0.15) is 28.8 Å². The number of nitrogens with zero attached hydrogens (tertiary/aromatic N) is 2. The van der Waals surface area contributed by atoms with Gasteiger partial charge in [0.15, 0.2) is 0 Å². The van der Waals surface area contributed by atoms with Crippen LogP contribution in [0.25, 0.3) is 0 Å². The van der Waals surface area contributed by atoms with Crippen LogP contribution >= 0.6 is 0 Å². The van der Waals surface area contributed by atoms with Crippen LogP contribution in [0, 0.1) is 12.8 Å². The minimum Gasteiger partial charge on any atom is -0.478 e. The summed E-state index contributed by atoms with van der Waals surface area (Å²) in [7, 11) is 0. The first-order valence-electron chi connectivity index (χ1n) is 7.45. The summed E-state index contributed by atoms with van der Waals surface area (Å²) in [5.41, 5.74) is 2.30. The molecule has 0 unspecified atom stereocenters. The Hall–Kier alpha value is -1.55. The first-order valence-corrected chi connectivity index (χ1v) is 7.45. The van der Waals surface area contributed by atoms with Crippen molar-refractivity contribution < 1.29 is 9.90 Å². The van der Waals surface area contributed by atoms with E-state index in [0.717, 1.165) is 43.3 Å². The summed E-state index contributed by atoms with van der Waals surface area (Å²) < 4.78 is 0. The van der Waals surface area contributed by atoms with Gasteiger partial charge in [0.1, 0.15) is 0 Å². The van der Waals surface area contributed by atoms with E-state index in [4.69, 9.17) is 0 Å². The zero-order valence-electron chi connectivity index (χ0n) is 12.0. The van der Waals surface area contributed by atoms with Crippen LogP contribution in [0.15, 0.2) is 18.2 Å². The van der Waals surface area contributed by atoms with Crippen LogP contribution in [0.5, 0.6) is 0 Å². The highest BCUT2D eigenvalue weighted by Crippen LogP contribution is 2.30. The molecule has 4 heteroatoms. The molecular formula is C16H22N2O2. The molecule has 20 heavy (non-hydrogen) atoms. The number of benzene rings is 1. The van der Waals surface area contributed by atoms with E-state index >= 15 is 0 Å². The Morgan fingerprint density at radius 2 is 1.95 bits per heavy atom. The number of carbonyl (C=O) groups is 1. The molecule has 4 nitrogen and oxygen atoms in total. The Balaban J connectivity index is 1.69. The van der Waals surface area contributed by atoms with Gasteiger partial charge in [0.2, 0.25) is 0 Å². The number of hydrogen-bond donors (Lipinski definition) is 1. The second-order valence-corrected chi connectivity index (χ2v) is 6.06. The Labute approximate surface area is 120 Å². The van der Waals surface area contributed by atoms with E-state index in [2.05, 4.69) is 9.80 Å². The lowest BCUT2D eigenvalue weighted by Gasteiger charge is -2.36. The van der Waals surface area contributed by atoms with Crippen LogP contribution in [-0.4, -0.2) is 48.7 Å². The second-order valence-electron chi connectivity index (χ2n) is 6.06. The summed E-state index contributed by atoms with van der Waals surface area (Å²) >= 11 is 0. The molecule has 1 heterocycles. The largest absolute Gasteiger partial charge is 0.478 e. The minimum atomic E-state index is -0.830. The maximum Gasteiger partial charge on any atom is 0.337 e. The van der Waals surface area contributed by atoms with Gasteiger partial charge in [-0.25, -0.2) is 4.79 Å². The molecule has 0 spiro atoms. The number of aryl methyl sites for hydroxylation is 1. The molecule has 1 aliphatic carbocycles. The Bertz CT molecular complexity index is 503. The van der Waals surface area contributed by atoms with E-state index in [0.29, 0.717) is 5.56 Å². The lowest BCUT2D eigenvalue weighted by Crippen LogP contribution is -2.47. The highest BCUT2D eigenvalue weighted by atomic mass is 16.4. The fourth-order valence-corrected chi connectivity index (χ4v) is 2.93. The monoisotopic (exact) mass is 274 g/mol. The number of rotatable bonds is 4. The SMILES string of the molecule is Cc1ccc(N2CCN(CC3CC3)CC2)c(C(=O)O)c1. The van der Waals surface area contributed by atoms with Crippen LogP contribution in [0.2, 0.25) is 0 Å². The molecule has 0 radical (unpaired) electrons. The van der Waals surface area contributed by atoms with Gasteiger partial charge in [-0.1, -0.05) is 11.6 Å². The highest BCUT2D eigenvalue weighted by molar-refractivity contribution is 5.94. The van der Waals surface area contributed by atoms with Gasteiger partial charge in [0.05, 0.1) is 11.3 Å². The second kappa shape index (κ2) is 5.44. The lowest BCUT2D eigenvalue weighted by atomic mass is 10.1. The van der Waals surface area contributed by atoms with Gasteiger partial charge in [-0.15, -0.1) is 0 Å². The van der Waals surface area contributed by atoms with Gasteiger partial charge in [-0.3, -0.25) is 4.90 Å². The quantitative estimate of drug-likeness (QED) is 0.914. The fourth-order valence-electron chi connectivity index (χ4n) is 2.93. The Morgan fingerprint density at radius 3 is 2.55 bits per heavy atom. The first-order chi connectivity index (χ1) is 9.63. The number of aromatic carboxylic acids is 1. The van der Waals surface area contributed by atoms with Gasteiger partial charge in [0.25, 0.3) is 0 Å². The maximum absolute atomic E-state index is 11.4. The minimum absolute atomic E-state index is 0.431. The van der Waals surface area contributed by atoms with Crippen molar-refractivity contribution in [1.82, 2.24) is 4.90 Å². The molecule has 2 fully saturated rings. The topological polar surface area (TPSA) is 43.8 Å². The van der Waals surface area contributed by atoms with E-state index in [1.54, 1.807) is 6.07 Å². The standard InChI is InChI=1S/C16H22N2O2/c1-12-2-5-15(14(10-12)16(19)20)18-8-6-17(7-9-18)11-13-3-4-13/h2,5,10,13H,3-4,6-9,11H2,1H3,(H,19,20). The van der Waals surface area contributed by atoms with Crippen molar-refractivity contribution in [3.8, 4) is 0 Å². The van der Waals surface area contributed by atoms with Crippen molar-refractivity contribution in [2.24, 2.45) is 5.92 Å². The van der Waals surface area contributed by atoms with E-state index in [9.17, 15) is 9.90 Å². The number of piperazine rings is 1. The van der Waals surface area contributed by atoms with Crippen LogP contribution < -0.4 is 4.90 Å². The summed E-state index contributed by atoms with van der Waals surface area (Å²) in [5, 5.41) is 9.36. The molecule has 1 aromatic rings. The first kappa shape index (κ1) is 13.4. The predicted molar refractivity (Wildman–Crippen MR) is 79.5 cm³/mol. The van der Waals surface area contributed by atoms with Crippen LogP contribution in [0.4, 0.5) is 5.69 Å². The summed E-state index contributed by atoms with van der Waals surface area (Å²) in [6.07, 6.45) is 2.78. The van der Waals surface area contributed by atoms with Crippen molar-refractivity contribution >= 4 is 11.7 Å². The van der Waals surface area contributed by atoms with E-state index in [1.165, 1.54) is 19.4 Å². The summed E-state index contributed by atoms with van der Waals surface area (Å²) in [6.45, 7) is 7.11. The van der Waals surface area contributed by atoms with E-state index in [1.807, 2.05) is 19.1 Å². The Morgan fingerprint density at radius 1 is 1.25 bits per heavy atom. The molecule has 1 N–H and O–H groups in total. The van der Waals surface area contributed by atoms with Crippen molar-refractivity contribution in [3.05, 3.63) is 29.3 Å². The van der Waals surface area contributed by atoms with Crippen molar-refractivity contribution in [3.63, 3.8) is 0 Å². The van der Waals surface area contributed by atoms with Gasteiger partial charge in [-0.2, -0.15) is 0 Å². The molecule has 3 rings (SSSR count). The van der Waals surface area contributed by atoms with Crippen LogP contribution in [-0.2, 0) is 0 Å².